The van der Waals surface area contributed by atoms with Crippen molar-refractivity contribution in [1.82, 2.24) is 10.0 Å². The third kappa shape index (κ3) is 5.61. The van der Waals surface area contributed by atoms with Crippen LogP contribution in [0.1, 0.15) is 39.7 Å². The van der Waals surface area contributed by atoms with Crippen molar-refractivity contribution in [3.63, 3.8) is 0 Å². The molecule has 0 aromatic heterocycles. The monoisotopic (exact) mass is 298 g/mol. The first-order valence-electron chi connectivity index (χ1n) is 7.14. The summed E-state index contributed by atoms with van der Waals surface area (Å²) < 4.78 is 27.4. The summed E-state index contributed by atoms with van der Waals surface area (Å²) in [5.41, 5.74) is 0.804. The van der Waals surface area contributed by atoms with Gasteiger partial charge in [0, 0.05) is 19.1 Å². The van der Waals surface area contributed by atoms with Gasteiger partial charge in [0.1, 0.15) is 0 Å². The molecule has 0 aliphatic rings. The fraction of sp³-hybridized carbons (Fsp3) is 0.600. The van der Waals surface area contributed by atoms with Crippen molar-refractivity contribution >= 4 is 10.0 Å². The lowest BCUT2D eigenvalue weighted by molar-refractivity contribution is 0.547. The number of rotatable bonds is 8. The highest BCUT2D eigenvalue weighted by Crippen LogP contribution is 2.15. The molecule has 0 spiro atoms. The third-order valence-corrected chi connectivity index (χ3v) is 4.54. The summed E-state index contributed by atoms with van der Waals surface area (Å²) in [5.74, 6) is 0.482. The number of nitrogens with one attached hydrogen (secondary N) is 2. The van der Waals surface area contributed by atoms with E-state index in [4.69, 9.17) is 0 Å². The predicted molar refractivity (Wildman–Crippen MR) is 83.1 cm³/mol. The van der Waals surface area contributed by atoms with E-state index in [0.29, 0.717) is 29.9 Å². The van der Waals surface area contributed by atoms with Gasteiger partial charge in [-0.15, -0.1) is 0 Å². The van der Waals surface area contributed by atoms with E-state index >= 15 is 0 Å². The highest BCUT2D eigenvalue weighted by atomic mass is 32.2. The maximum Gasteiger partial charge on any atom is 0.240 e. The molecule has 1 aromatic rings. The summed E-state index contributed by atoms with van der Waals surface area (Å²) in [6.07, 6.45) is 0.839. The van der Waals surface area contributed by atoms with Crippen molar-refractivity contribution in [2.24, 2.45) is 5.92 Å². The Kier molecular flexibility index (Phi) is 6.65. The minimum absolute atomic E-state index is 0.319. The van der Waals surface area contributed by atoms with Crippen molar-refractivity contribution in [1.29, 1.82) is 0 Å². The first kappa shape index (κ1) is 17.1. The molecule has 0 saturated heterocycles. The van der Waals surface area contributed by atoms with Crippen LogP contribution in [0, 0.1) is 5.92 Å². The van der Waals surface area contributed by atoms with E-state index in [2.05, 4.69) is 23.9 Å². The number of benzene rings is 1. The molecule has 0 fully saturated rings. The Balaban J connectivity index is 2.83. The van der Waals surface area contributed by atoms with Crippen LogP contribution in [0.4, 0.5) is 0 Å². The van der Waals surface area contributed by atoms with Crippen molar-refractivity contribution in [2.45, 2.75) is 51.6 Å². The molecule has 0 atom stereocenters. The van der Waals surface area contributed by atoms with Gasteiger partial charge in [0.05, 0.1) is 4.90 Å². The quantitative estimate of drug-likeness (QED) is 0.775. The molecule has 1 aromatic carbocycles. The van der Waals surface area contributed by atoms with Gasteiger partial charge in [0.15, 0.2) is 0 Å². The maximum atomic E-state index is 12.3. The van der Waals surface area contributed by atoms with E-state index in [0.717, 1.165) is 12.0 Å². The Morgan fingerprint density at radius 1 is 1.10 bits per heavy atom. The maximum absolute atomic E-state index is 12.3. The number of hydrogen-bond donors (Lipinski definition) is 2. The van der Waals surface area contributed by atoms with E-state index in [9.17, 15) is 8.42 Å². The Hall–Kier alpha value is -0.910. The van der Waals surface area contributed by atoms with Gasteiger partial charge in [-0.3, -0.25) is 0 Å². The van der Waals surface area contributed by atoms with E-state index in [1.807, 2.05) is 26.0 Å². The van der Waals surface area contributed by atoms with Crippen LogP contribution in [-0.4, -0.2) is 21.0 Å². The first-order chi connectivity index (χ1) is 9.33. The summed E-state index contributed by atoms with van der Waals surface area (Å²) in [7, 11) is -3.42. The molecule has 0 saturated carbocycles. The predicted octanol–water partition coefficient (Wildman–Crippen LogP) is 2.51. The van der Waals surface area contributed by atoms with Crippen molar-refractivity contribution < 1.29 is 8.42 Å². The van der Waals surface area contributed by atoms with Crippen molar-refractivity contribution in [3.8, 4) is 0 Å². The zero-order valence-corrected chi connectivity index (χ0v) is 13.6. The lowest BCUT2D eigenvalue weighted by Gasteiger charge is -2.14. The highest BCUT2D eigenvalue weighted by Gasteiger charge is 2.17. The summed E-state index contributed by atoms with van der Waals surface area (Å²) >= 11 is 0. The van der Waals surface area contributed by atoms with E-state index in [1.165, 1.54) is 0 Å². The SMILES string of the molecule is CC(C)CCNS(=O)(=O)c1ccccc1CNC(C)C. The Morgan fingerprint density at radius 3 is 2.35 bits per heavy atom. The molecule has 0 unspecified atom stereocenters. The van der Waals surface area contributed by atoms with Gasteiger partial charge in [0.2, 0.25) is 10.0 Å². The molecule has 0 heterocycles. The standard InChI is InChI=1S/C15H26N2O2S/c1-12(2)9-10-17-20(18,19)15-8-6-5-7-14(15)11-16-13(3)4/h5-8,12-13,16-17H,9-11H2,1-4H3. The minimum Gasteiger partial charge on any atom is -0.310 e. The Morgan fingerprint density at radius 2 is 1.75 bits per heavy atom. The van der Waals surface area contributed by atoms with Gasteiger partial charge in [-0.05, 0) is 24.0 Å². The average molecular weight is 298 g/mol. The van der Waals surface area contributed by atoms with Gasteiger partial charge in [-0.25, -0.2) is 13.1 Å². The highest BCUT2D eigenvalue weighted by molar-refractivity contribution is 7.89. The Bertz CT molecular complexity index is 510. The lowest BCUT2D eigenvalue weighted by atomic mass is 10.1. The van der Waals surface area contributed by atoms with Gasteiger partial charge in [-0.2, -0.15) is 0 Å². The average Bonchev–Trinajstić information content (AvgIpc) is 2.36. The zero-order valence-electron chi connectivity index (χ0n) is 12.8. The van der Waals surface area contributed by atoms with Gasteiger partial charge in [-0.1, -0.05) is 45.9 Å². The fourth-order valence-corrected chi connectivity index (χ4v) is 3.07. The van der Waals surface area contributed by atoms with E-state index in [1.54, 1.807) is 12.1 Å². The van der Waals surface area contributed by atoms with Crippen LogP contribution in [0.5, 0.6) is 0 Å². The second-order valence-corrected chi connectivity index (χ2v) is 7.46. The lowest BCUT2D eigenvalue weighted by Crippen LogP contribution is -2.28. The molecule has 0 radical (unpaired) electrons. The van der Waals surface area contributed by atoms with Crippen LogP contribution < -0.4 is 10.0 Å². The summed E-state index contributed by atoms with van der Waals surface area (Å²) in [4.78, 5) is 0.372. The minimum atomic E-state index is -3.42. The van der Waals surface area contributed by atoms with Crippen LogP contribution in [-0.2, 0) is 16.6 Å². The molecule has 5 heteroatoms. The molecule has 0 bridgehead atoms. The van der Waals surface area contributed by atoms with Gasteiger partial charge >= 0.3 is 0 Å². The van der Waals surface area contributed by atoms with Crippen LogP contribution in [0.25, 0.3) is 0 Å². The molecule has 114 valence electrons. The molecule has 1 rings (SSSR count). The van der Waals surface area contributed by atoms with Crippen LogP contribution >= 0.6 is 0 Å². The smallest absolute Gasteiger partial charge is 0.240 e. The first-order valence-corrected chi connectivity index (χ1v) is 8.62. The summed E-state index contributed by atoms with van der Waals surface area (Å²) in [6, 6.07) is 7.46. The molecule has 2 N–H and O–H groups in total. The summed E-state index contributed by atoms with van der Waals surface area (Å²) in [6.45, 7) is 9.27. The van der Waals surface area contributed by atoms with Crippen molar-refractivity contribution in [2.75, 3.05) is 6.54 Å². The van der Waals surface area contributed by atoms with Crippen LogP contribution in [0.15, 0.2) is 29.2 Å². The molecular formula is C15H26N2O2S. The van der Waals surface area contributed by atoms with Crippen molar-refractivity contribution in [3.05, 3.63) is 29.8 Å². The largest absolute Gasteiger partial charge is 0.310 e. The number of hydrogen-bond acceptors (Lipinski definition) is 3. The van der Waals surface area contributed by atoms with Crippen LogP contribution in [0.2, 0.25) is 0 Å². The molecule has 4 nitrogen and oxygen atoms in total. The molecule has 20 heavy (non-hydrogen) atoms. The Labute approximate surface area is 123 Å². The van der Waals surface area contributed by atoms with Crippen LogP contribution in [0.3, 0.4) is 0 Å². The second kappa shape index (κ2) is 7.76. The molecule has 0 amide bonds. The third-order valence-electron chi connectivity index (χ3n) is 2.98. The van der Waals surface area contributed by atoms with Gasteiger partial charge < -0.3 is 5.32 Å². The van der Waals surface area contributed by atoms with Gasteiger partial charge in [0.25, 0.3) is 0 Å². The fourth-order valence-electron chi connectivity index (χ4n) is 1.79. The van der Waals surface area contributed by atoms with E-state index < -0.39 is 10.0 Å². The van der Waals surface area contributed by atoms with E-state index in [-0.39, 0.29) is 0 Å². The molecular weight excluding hydrogens is 272 g/mol. The topological polar surface area (TPSA) is 58.2 Å². The number of sulfonamides is 1. The molecule has 0 aliphatic carbocycles. The summed E-state index contributed by atoms with van der Waals surface area (Å²) in [5, 5.41) is 3.26. The normalized spacial score (nSPS) is 12.3. The molecule has 0 aliphatic heterocycles. The zero-order chi connectivity index (χ0) is 15.2. The second-order valence-electron chi connectivity index (χ2n) is 5.72.